The Balaban J connectivity index is 0.00000171. The lowest BCUT2D eigenvalue weighted by molar-refractivity contribution is -0.274. The van der Waals surface area contributed by atoms with Gasteiger partial charge in [-0.1, -0.05) is 48.5 Å². The van der Waals surface area contributed by atoms with Crippen LogP contribution in [-0.4, -0.2) is 37.4 Å². The zero-order valence-corrected chi connectivity index (χ0v) is 18.6. The van der Waals surface area contributed by atoms with Crippen LogP contribution in [0.5, 0.6) is 5.75 Å². The summed E-state index contributed by atoms with van der Waals surface area (Å²) in [5, 5.41) is 5.74. The minimum atomic E-state index is -4.69. The lowest BCUT2D eigenvalue weighted by Gasteiger charge is -2.36. The van der Waals surface area contributed by atoms with E-state index in [-0.39, 0.29) is 36.6 Å². The second kappa shape index (κ2) is 10.6. The van der Waals surface area contributed by atoms with Gasteiger partial charge in [0, 0.05) is 26.2 Å². The van der Waals surface area contributed by atoms with Crippen molar-refractivity contribution in [1.82, 2.24) is 10.2 Å². The van der Waals surface area contributed by atoms with Gasteiger partial charge in [0.05, 0.1) is 6.04 Å². The quantitative estimate of drug-likeness (QED) is 0.512. The highest BCUT2D eigenvalue weighted by Gasteiger charge is 2.31. The monoisotopic (exact) mass is 472 g/mol. The van der Waals surface area contributed by atoms with Gasteiger partial charge in [0.1, 0.15) is 5.75 Å². The van der Waals surface area contributed by atoms with Crippen molar-refractivity contribution >= 4 is 35.6 Å². The Hall–Kier alpha value is -1.99. The van der Waals surface area contributed by atoms with E-state index in [1.165, 1.54) is 28.5 Å². The SMILES string of the molecule is Cc1ccc([C@H](c2ccc(OC(F)(F)F)cc2)N2CCNCC2)c2ccccc12.Cl.Cl. The van der Waals surface area contributed by atoms with Crippen LogP contribution < -0.4 is 10.1 Å². The number of rotatable bonds is 4. The molecule has 1 fully saturated rings. The van der Waals surface area contributed by atoms with Gasteiger partial charge in [-0.25, -0.2) is 0 Å². The van der Waals surface area contributed by atoms with Crippen LogP contribution in [0.2, 0.25) is 0 Å². The van der Waals surface area contributed by atoms with Crippen LogP contribution in [0.4, 0.5) is 13.2 Å². The normalized spacial score (nSPS) is 15.6. The largest absolute Gasteiger partial charge is 0.573 e. The molecule has 1 aliphatic heterocycles. The molecule has 0 unspecified atom stereocenters. The fourth-order valence-electron chi connectivity index (χ4n) is 4.09. The van der Waals surface area contributed by atoms with Gasteiger partial charge in [-0.15, -0.1) is 38.0 Å². The van der Waals surface area contributed by atoms with Crippen molar-refractivity contribution in [2.24, 2.45) is 0 Å². The first-order chi connectivity index (χ1) is 13.9. The summed E-state index contributed by atoms with van der Waals surface area (Å²) >= 11 is 0. The minimum absolute atomic E-state index is 0. The van der Waals surface area contributed by atoms with Gasteiger partial charge in [-0.3, -0.25) is 4.90 Å². The number of nitrogens with zero attached hydrogens (tertiary/aromatic N) is 1. The second-order valence-electron chi connectivity index (χ2n) is 7.32. The lowest BCUT2D eigenvalue weighted by atomic mass is 9.90. The fraction of sp³-hybridized carbons (Fsp3) is 0.304. The van der Waals surface area contributed by atoms with E-state index >= 15 is 0 Å². The number of benzene rings is 3. The van der Waals surface area contributed by atoms with Crippen LogP contribution in [0.15, 0.2) is 60.7 Å². The minimum Gasteiger partial charge on any atom is -0.406 e. The van der Waals surface area contributed by atoms with Crippen LogP contribution in [-0.2, 0) is 0 Å². The van der Waals surface area contributed by atoms with Gasteiger partial charge >= 0.3 is 6.36 Å². The first-order valence-electron chi connectivity index (χ1n) is 9.71. The van der Waals surface area contributed by atoms with Crippen LogP contribution in [0.25, 0.3) is 10.8 Å². The van der Waals surface area contributed by atoms with Crippen molar-refractivity contribution < 1.29 is 17.9 Å². The number of hydrogen-bond acceptors (Lipinski definition) is 3. The lowest BCUT2D eigenvalue weighted by Crippen LogP contribution is -2.45. The Kier molecular flexibility index (Phi) is 8.60. The van der Waals surface area contributed by atoms with Crippen LogP contribution in [0, 0.1) is 6.92 Å². The molecule has 1 atom stereocenters. The highest BCUT2D eigenvalue weighted by molar-refractivity contribution is 5.89. The molecule has 8 heteroatoms. The van der Waals surface area contributed by atoms with Gasteiger partial charge < -0.3 is 10.1 Å². The van der Waals surface area contributed by atoms with E-state index in [9.17, 15) is 13.2 Å². The van der Waals surface area contributed by atoms with Gasteiger partial charge in [-0.2, -0.15) is 0 Å². The molecule has 0 spiro atoms. The third-order valence-electron chi connectivity index (χ3n) is 5.42. The van der Waals surface area contributed by atoms with E-state index in [4.69, 9.17) is 0 Å². The summed E-state index contributed by atoms with van der Waals surface area (Å²) in [4.78, 5) is 2.38. The predicted octanol–water partition coefficient (Wildman–Crippen LogP) is 5.89. The third kappa shape index (κ3) is 5.83. The van der Waals surface area contributed by atoms with Crippen molar-refractivity contribution in [3.63, 3.8) is 0 Å². The average Bonchev–Trinajstić information content (AvgIpc) is 2.71. The molecule has 0 aromatic heterocycles. The molecule has 3 aromatic carbocycles. The number of hydrogen-bond donors (Lipinski definition) is 1. The average molecular weight is 473 g/mol. The third-order valence-corrected chi connectivity index (χ3v) is 5.42. The molecule has 4 rings (SSSR count). The first kappa shape index (κ1) is 25.3. The fourth-order valence-corrected chi connectivity index (χ4v) is 4.09. The van der Waals surface area contributed by atoms with Gasteiger partial charge in [-0.05, 0) is 46.5 Å². The Morgan fingerprint density at radius 3 is 2.10 bits per heavy atom. The zero-order valence-electron chi connectivity index (χ0n) is 17.0. The molecule has 1 N–H and O–H groups in total. The molecular weight excluding hydrogens is 448 g/mol. The van der Waals surface area contributed by atoms with Gasteiger partial charge in [0.25, 0.3) is 0 Å². The molecule has 31 heavy (non-hydrogen) atoms. The van der Waals surface area contributed by atoms with E-state index < -0.39 is 6.36 Å². The Morgan fingerprint density at radius 2 is 1.48 bits per heavy atom. The first-order valence-corrected chi connectivity index (χ1v) is 9.71. The maximum Gasteiger partial charge on any atom is 0.573 e. The van der Waals surface area contributed by atoms with Gasteiger partial charge in [0.15, 0.2) is 0 Å². The molecule has 1 heterocycles. The summed E-state index contributed by atoms with van der Waals surface area (Å²) in [6.07, 6.45) is -4.69. The molecule has 0 amide bonds. The molecule has 0 radical (unpaired) electrons. The van der Waals surface area contributed by atoms with Crippen molar-refractivity contribution in [3.05, 3.63) is 77.4 Å². The molecule has 3 aromatic rings. The van der Waals surface area contributed by atoms with E-state index in [0.29, 0.717) is 0 Å². The number of nitrogens with one attached hydrogen (secondary N) is 1. The molecule has 3 nitrogen and oxygen atoms in total. The summed E-state index contributed by atoms with van der Waals surface area (Å²) in [5.41, 5.74) is 3.32. The molecule has 168 valence electrons. The molecular formula is C23H25Cl2F3N2O. The standard InChI is InChI=1S/C23H23F3N2O.2ClH/c1-16-6-11-21(20-5-3-2-4-19(16)20)22(28-14-12-27-13-15-28)17-7-9-18(10-8-17)29-23(24,25)26;;/h2-11,22,27H,12-15H2,1H3;2*1H/t22-;;/m0../s1. The number of piperazine rings is 1. The van der Waals surface area contributed by atoms with Crippen LogP contribution in [0.3, 0.4) is 0 Å². The van der Waals surface area contributed by atoms with E-state index in [1.807, 2.05) is 12.1 Å². The zero-order chi connectivity index (χ0) is 20.4. The topological polar surface area (TPSA) is 24.5 Å². The summed E-state index contributed by atoms with van der Waals surface area (Å²) in [5.74, 6) is -0.200. The highest BCUT2D eigenvalue weighted by Crippen LogP contribution is 2.36. The smallest absolute Gasteiger partial charge is 0.406 e. The van der Waals surface area contributed by atoms with Crippen molar-refractivity contribution in [2.45, 2.75) is 19.3 Å². The maximum atomic E-state index is 12.5. The van der Waals surface area contributed by atoms with Crippen LogP contribution >= 0.6 is 24.8 Å². The van der Waals surface area contributed by atoms with Crippen molar-refractivity contribution in [3.8, 4) is 5.75 Å². The van der Waals surface area contributed by atoms with Crippen LogP contribution in [0.1, 0.15) is 22.7 Å². The molecule has 1 saturated heterocycles. The number of aryl methyl sites for hydroxylation is 1. The predicted molar refractivity (Wildman–Crippen MR) is 123 cm³/mol. The molecule has 1 aliphatic rings. The summed E-state index contributed by atoms with van der Waals surface area (Å²) in [6, 6.07) is 18.8. The number of ether oxygens (including phenoxy) is 1. The number of fused-ring (bicyclic) bond motifs is 1. The van der Waals surface area contributed by atoms with E-state index in [1.54, 1.807) is 12.1 Å². The molecule has 0 aliphatic carbocycles. The highest BCUT2D eigenvalue weighted by atomic mass is 35.5. The number of halogens is 5. The number of alkyl halides is 3. The molecule has 0 bridgehead atoms. The Bertz CT molecular complexity index is 990. The summed E-state index contributed by atoms with van der Waals surface area (Å²) < 4.78 is 41.6. The summed E-state index contributed by atoms with van der Waals surface area (Å²) in [6.45, 7) is 5.60. The Labute approximate surface area is 192 Å². The maximum absolute atomic E-state index is 12.5. The van der Waals surface area contributed by atoms with Crippen molar-refractivity contribution in [1.29, 1.82) is 0 Å². The van der Waals surface area contributed by atoms with E-state index in [2.05, 4.69) is 46.1 Å². The van der Waals surface area contributed by atoms with Crippen molar-refractivity contribution in [2.75, 3.05) is 26.2 Å². The molecule has 0 saturated carbocycles. The second-order valence-corrected chi connectivity index (χ2v) is 7.32. The Morgan fingerprint density at radius 1 is 0.871 bits per heavy atom. The van der Waals surface area contributed by atoms with Gasteiger partial charge in [0.2, 0.25) is 0 Å². The summed E-state index contributed by atoms with van der Waals surface area (Å²) in [7, 11) is 0. The van der Waals surface area contributed by atoms with E-state index in [0.717, 1.165) is 37.3 Å².